The number of aryl methyl sites for hydroxylation is 1. The van der Waals surface area contributed by atoms with Gasteiger partial charge in [-0.05, 0) is 36.3 Å². The van der Waals surface area contributed by atoms with Crippen LogP contribution in [0.15, 0.2) is 10.7 Å². The van der Waals surface area contributed by atoms with E-state index in [-0.39, 0.29) is 0 Å². The van der Waals surface area contributed by atoms with Crippen LogP contribution in [-0.2, 0) is 12.8 Å². The Hall–Kier alpha value is -0.720. The Morgan fingerprint density at radius 2 is 1.80 bits per heavy atom. The van der Waals surface area contributed by atoms with Crippen molar-refractivity contribution >= 4 is 0 Å². The van der Waals surface area contributed by atoms with Crippen molar-refractivity contribution in [3.63, 3.8) is 0 Å². The molecule has 1 rings (SSSR count). The van der Waals surface area contributed by atoms with Crippen molar-refractivity contribution in [3.8, 4) is 0 Å². The predicted octanol–water partition coefficient (Wildman–Crippen LogP) is 4.55. The first-order valence-corrected chi connectivity index (χ1v) is 6.19. The van der Waals surface area contributed by atoms with Crippen molar-refractivity contribution in [1.82, 2.24) is 0 Å². The van der Waals surface area contributed by atoms with E-state index in [0.717, 1.165) is 18.8 Å². The van der Waals surface area contributed by atoms with E-state index in [1.165, 1.54) is 23.3 Å². The third kappa shape index (κ3) is 2.87. The third-order valence-electron chi connectivity index (χ3n) is 3.02. The van der Waals surface area contributed by atoms with E-state index in [4.69, 9.17) is 4.42 Å². The molecule has 1 heteroatoms. The SMILES string of the molecule is CCc1coc(C(C)CC(C)C)c1CC. The summed E-state index contributed by atoms with van der Waals surface area (Å²) in [6, 6.07) is 0. The molecular weight excluding hydrogens is 184 g/mol. The molecule has 0 aromatic carbocycles. The van der Waals surface area contributed by atoms with Crippen molar-refractivity contribution in [1.29, 1.82) is 0 Å². The molecule has 1 heterocycles. The Labute approximate surface area is 93.9 Å². The van der Waals surface area contributed by atoms with Gasteiger partial charge in [0, 0.05) is 5.92 Å². The van der Waals surface area contributed by atoms with Crippen LogP contribution in [0.25, 0.3) is 0 Å². The second-order valence-electron chi connectivity index (χ2n) is 4.84. The highest BCUT2D eigenvalue weighted by molar-refractivity contribution is 5.30. The molecule has 0 aliphatic carbocycles. The number of furan rings is 1. The fourth-order valence-corrected chi connectivity index (χ4v) is 2.36. The van der Waals surface area contributed by atoms with Gasteiger partial charge in [0.2, 0.25) is 0 Å². The van der Waals surface area contributed by atoms with Crippen molar-refractivity contribution in [2.75, 3.05) is 0 Å². The average Bonchev–Trinajstić information content (AvgIpc) is 2.58. The Morgan fingerprint density at radius 1 is 1.13 bits per heavy atom. The van der Waals surface area contributed by atoms with Crippen molar-refractivity contribution in [2.24, 2.45) is 5.92 Å². The maximum absolute atomic E-state index is 5.74. The van der Waals surface area contributed by atoms with E-state index in [1.807, 2.05) is 6.26 Å². The summed E-state index contributed by atoms with van der Waals surface area (Å²) < 4.78 is 5.74. The standard InChI is InChI=1S/C14H24O/c1-6-12-9-15-14(13(12)7-2)11(5)8-10(3)4/h9-11H,6-8H2,1-5H3. The summed E-state index contributed by atoms with van der Waals surface area (Å²) in [6.07, 6.45) is 5.34. The van der Waals surface area contributed by atoms with Crippen LogP contribution in [0.1, 0.15) is 63.8 Å². The highest BCUT2D eigenvalue weighted by atomic mass is 16.3. The van der Waals surface area contributed by atoms with Gasteiger partial charge in [-0.3, -0.25) is 0 Å². The predicted molar refractivity (Wildman–Crippen MR) is 65.3 cm³/mol. The molecule has 0 radical (unpaired) electrons. The molecular formula is C14H24O. The van der Waals surface area contributed by atoms with E-state index >= 15 is 0 Å². The first-order chi connectivity index (χ1) is 7.10. The second kappa shape index (κ2) is 5.39. The minimum atomic E-state index is 0.556. The van der Waals surface area contributed by atoms with E-state index < -0.39 is 0 Å². The topological polar surface area (TPSA) is 13.1 Å². The van der Waals surface area contributed by atoms with Gasteiger partial charge >= 0.3 is 0 Å². The Morgan fingerprint density at radius 3 is 2.27 bits per heavy atom. The molecule has 1 unspecified atom stereocenters. The summed E-state index contributed by atoms with van der Waals surface area (Å²) in [4.78, 5) is 0. The summed E-state index contributed by atoms with van der Waals surface area (Å²) in [5, 5.41) is 0. The van der Waals surface area contributed by atoms with Gasteiger partial charge in [-0.25, -0.2) is 0 Å². The minimum absolute atomic E-state index is 0.556. The largest absolute Gasteiger partial charge is 0.468 e. The summed E-state index contributed by atoms with van der Waals surface area (Å²) in [5.41, 5.74) is 2.84. The third-order valence-corrected chi connectivity index (χ3v) is 3.02. The molecule has 0 spiro atoms. The average molecular weight is 208 g/mol. The lowest BCUT2D eigenvalue weighted by atomic mass is 9.92. The van der Waals surface area contributed by atoms with Crippen LogP contribution in [0.4, 0.5) is 0 Å². The molecule has 15 heavy (non-hydrogen) atoms. The van der Waals surface area contributed by atoms with Gasteiger partial charge in [0.05, 0.1) is 6.26 Å². The van der Waals surface area contributed by atoms with Gasteiger partial charge in [0.1, 0.15) is 5.76 Å². The van der Waals surface area contributed by atoms with E-state index in [9.17, 15) is 0 Å². The molecule has 0 amide bonds. The van der Waals surface area contributed by atoms with Crippen LogP contribution in [-0.4, -0.2) is 0 Å². The molecule has 0 N–H and O–H groups in total. The smallest absolute Gasteiger partial charge is 0.110 e. The first-order valence-electron chi connectivity index (χ1n) is 6.19. The van der Waals surface area contributed by atoms with Gasteiger partial charge in [-0.1, -0.05) is 34.6 Å². The highest BCUT2D eigenvalue weighted by Crippen LogP contribution is 2.30. The molecule has 1 atom stereocenters. The molecule has 1 nitrogen and oxygen atoms in total. The molecule has 0 fully saturated rings. The van der Waals surface area contributed by atoms with Gasteiger partial charge in [0.25, 0.3) is 0 Å². The van der Waals surface area contributed by atoms with Gasteiger partial charge in [0.15, 0.2) is 0 Å². The summed E-state index contributed by atoms with van der Waals surface area (Å²) in [6.45, 7) is 11.2. The Kier molecular flexibility index (Phi) is 4.44. The van der Waals surface area contributed by atoms with Gasteiger partial charge in [-0.2, -0.15) is 0 Å². The fourth-order valence-electron chi connectivity index (χ4n) is 2.36. The van der Waals surface area contributed by atoms with Crippen molar-refractivity contribution in [3.05, 3.63) is 23.2 Å². The normalized spacial score (nSPS) is 13.5. The monoisotopic (exact) mass is 208 g/mol. The summed E-state index contributed by atoms with van der Waals surface area (Å²) in [7, 11) is 0. The quantitative estimate of drug-likeness (QED) is 0.691. The van der Waals surface area contributed by atoms with E-state index in [1.54, 1.807) is 0 Å². The lowest BCUT2D eigenvalue weighted by molar-refractivity contribution is 0.422. The zero-order valence-corrected chi connectivity index (χ0v) is 10.8. The van der Waals surface area contributed by atoms with Gasteiger partial charge in [-0.15, -0.1) is 0 Å². The Balaban J connectivity index is 2.88. The van der Waals surface area contributed by atoms with Crippen molar-refractivity contribution in [2.45, 2.75) is 59.8 Å². The van der Waals surface area contributed by atoms with Crippen LogP contribution >= 0.6 is 0 Å². The summed E-state index contributed by atoms with van der Waals surface area (Å²) in [5.74, 6) is 2.52. The zero-order chi connectivity index (χ0) is 11.4. The molecule has 0 bridgehead atoms. The zero-order valence-electron chi connectivity index (χ0n) is 10.8. The lowest BCUT2D eigenvalue weighted by Gasteiger charge is -2.13. The first kappa shape index (κ1) is 12.4. The van der Waals surface area contributed by atoms with Crippen LogP contribution < -0.4 is 0 Å². The fraction of sp³-hybridized carbons (Fsp3) is 0.714. The van der Waals surface area contributed by atoms with Crippen LogP contribution in [0, 0.1) is 5.92 Å². The Bertz CT molecular complexity index is 296. The van der Waals surface area contributed by atoms with E-state index in [2.05, 4.69) is 34.6 Å². The molecule has 0 saturated carbocycles. The maximum atomic E-state index is 5.74. The lowest BCUT2D eigenvalue weighted by Crippen LogP contribution is -2.01. The molecule has 86 valence electrons. The maximum Gasteiger partial charge on any atom is 0.110 e. The summed E-state index contributed by atoms with van der Waals surface area (Å²) >= 11 is 0. The van der Waals surface area contributed by atoms with Crippen molar-refractivity contribution < 1.29 is 4.42 Å². The molecule has 1 aromatic heterocycles. The molecule has 0 aliphatic rings. The highest BCUT2D eigenvalue weighted by Gasteiger charge is 2.17. The van der Waals surface area contributed by atoms with E-state index in [0.29, 0.717) is 5.92 Å². The van der Waals surface area contributed by atoms with Crippen LogP contribution in [0.3, 0.4) is 0 Å². The van der Waals surface area contributed by atoms with Gasteiger partial charge < -0.3 is 4.42 Å². The minimum Gasteiger partial charge on any atom is -0.468 e. The number of rotatable bonds is 5. The second-order valence-corrected chi connectivity index (χ2v) is 4.84. The number of hydrogen-bond donors (Lipinski definition) is 0. The van der Waals surface area contributed by atoms with Crippen LogP contribution in [0.5, 0.6) is 0 Å². The van der Waals surface area contributed by atoms with Crippen LogP contribution in [0.2, 0.25) is 0 Å². The molecule has 1 aromatic rings. The molecule has 0 saturated heterocycles. The molecule has 0 aliphatic heterocycles. The number of hydrogen-bond acceptors (Lipinski definition) is 1.